The van der Waals surface area contributed by atoms with Crippen LogP contribution in [0.25, 0.3) is 0 Å². The molecule has 0 atom stereocenters. The summed E-state index contributed by atoms with van der Waals surface area (Å²) in [5.74, 6) is 0.108. The molecule has 0 radical (unpaired) electrons. The van der Waals surface area contributed by atoms with Crippen LogP contribution >= 0.6 is 0 Å². The third-order valence-corrected chi connectivity index (χ3v) is 4.14. The van der Waals surface area contributed by atoms with E-state index in [4.69, 9.17) is 0 Å². The Hall–Kier alpha value is -1.84. The fourth-order valence-electron chi connectivity index (χ4n) is 2.99. The van der Waals surface area contributed by atoms with Crippen molar-refractivity contribution in [3.05, 3.63) is 35.4 Å². The zero-order valence-electron chi connectivity index (χ0n) is 11.7. The highest BCUT2D eigenvalue weighted by molar-refractivity contribution is 5.99. The van der Waals surface area contributed by atoms with E-state index >= 15 is 0 Å². The highest BCUT2D eigenvalue weighted by Gasteiger charge is 2.22. The van der Waals surface area contributed by atoms with Gasteiger partial charge < -0.3 is 9.80 Å². The van der Waals surface area contributed by atoms with Gasteiger partial charge in [0.15, 0.2) is 0 Å². The number of hydrogen-bond acceptors (Lipinski definition) is 2. The second kappa shape index (κ2) is 5.65. The number of benzene rings is 1. The maximum atomic E-state index is 12.3. The van der Waals surface area contributed by atoms with Crippen molar-refractivity contribution < 1.29 is 9.59 Å². The molecule has 4 heteroatoms. The van der Waals surface area contributed by atoms with E-state index in [9.17, 15) is 9.59 Å². The zero-order chi connectivity index (χ0) is 13.9. The summed E-state index contributed by atoms with van der Waals surface area (Å²) in [5.41, 5.74) is 1.27. The van der Waals surface area contributed by atoms with Gasteiger partial charge >= 0.3 is 0 Å². The molecule has 0 aliphatic carbocycles. The number of carbonyl (C=O) groups is 2. The zero-order valence-corrected chi connectivity index (χ0v) is 11.7. The Kier molecular flexibility index (Phi) is 3.72. The molecule has 1 aromatic rings. The molecule has 0 bridgehead atoms. The molecule has 3 rings (SSSR count). The van der Waals surface area contributed by atoms with Crippen molar-refractivity contribution in [2.24, 2.45) is 0 Å². The van der Waals surface area contributed by atoms with Crippen LogP contribution in [-0.4, -0.2) is 47.8 Å². The van der Waals surface area contributed by atoms with Crippen LogP contribution in [0.3, 0.4) is 0 Å². The fraction of sp³-hybridized carbons (Fsp3) is 0.500. The maximum absolute atomic E-state index is 12.3. The molecule has 106 valence electrons. The number of likely N-dealkylation sites (tertiary alicyclic amines) is 2. The number of rotatable bonds is 2. The molecule has 20 heavy (non-hydrogen) atoms. The molecular weight excluding hydrogens is 252 g/mol. The van der Waals surface area contributed by atoms with Crippen molar-refractivity contribution in [3.8, 4) is 0 Å². The van der Waals surface area contributed by atoms with Crippen LogP contribution in [0.2, 0.25) is 0 Å². The number of carbonyl (C=O) groups excluding carboxylic acids is 2. The predicted molar refractivity (Wildman–Crippen MR) is 76.7 cm³/mol. The van der Waals surface area contributed by atoms with E-state index in [2.05, 4.69) is 0 Å². The van der Waals surface area contributed by atoms with Gasteiger partial charge in [-0.25, -0.2) is 0 Å². The van der Waals surface area contributed by atoms with Gasteiger partial charge in [-0.3, -0.25) is 9.59 Å². The maximum Gasteiger partial charge on any atom is 0.253 e. The van der Waals surface area contributed by atoms with Gasteiger partial charge in [-0.1, -0.05) is 6.07 Å². The van der Waals surface area contributed by atoms with Crippen molar-refractivity contribution in [3.63, 3.8) is 0 Å². The summed E-state index contributed by atoms with van der Waals surface area (Å²) < 4.78 is 0. The van der Waals surface area contributed by atoms with Crippen LogP contribution in [0.4, 0.5) is 0 Å². The van der Waals surface area contributed by atoms with Crippen molar-refractivity contribution in [2.75, 3.05) is 26.2 Å². The Morgan fingerprint density at radius 1 is 0.750 bits per heavy atom. The van der Waals surface area contributed by atoms with Gasteiger partial charge in [-0.2, -0.15) is 0 Å². The molecule has 2 heterocycles. The molecule has 4 nitrogen and oxygen atoms in total. The monoisotopic (exact) mass is 272 g/mol. The van der Waals surface area contributed by atoms with E-state index in [1.54, 1.807) is 18.2 Å². The molecule has 2 aliphatic rings. The van der Waals surface area contributed by atoms with E-state index in [0.717, 1.165) is 51.9 Å². The Balaban J connectivity index is 1.78. The summed E-state index contributed by atoms with van der Waals surface area (Å²) in [6.07, 6.45) is 4.33. The summed E-state index contributed by atoms with van der Waals surface area (Å²) in [6.45, 7) is 3.35. The normalized spacial score (nSPS) is 18.6. The average Bonchev–Trinajstić information content (AvgIpc) is 3.18. The lowest BCUT2D eigenvalue weighted by molar-refractivity contribution is 0.0791. The molecule has 0 N–H and O–H groups in total. The molecule has 0 aromatic heterocycles. The first kappa shape index (κ1) is 13.2. The van der Waals surface area contributed by atoms with Crippen LogP contribution in [0.1, 0.15) is 46.4 Å². The smallest absolute Gasteiger partial charge is 0.253 e. The van der Waals surface area contributed by atoms with Gasteiger partial charge in [0, 0.05) is 37.3 Å². The van der Waals surface area contributed by atoms with Gasteiger partial charge in [0.25, 0.3) is 11.8 Å². The van der Waals surface area contributed by atoms with Crippen molar-refractivity contribution in [1.29, 1.82) is 0 Å². The largest absolute Gasteiger partial charge is 0.339 e. The van der Waals surface area contributed by atoms with Crippen LogP contribution in [-0.2, 0) is 0 Å². The second-order valence-electron chi connectivity index (χ2n) is 5.58. The van der Waals surface area contributed by atoms with Crippen LogP contribution in [0, 0.1) is 0 Å². The summed E-state index contributed by atoms with van der Waals surface area (Å²) in [5, 5.41) is 0. The Morgan fingerprint density at radius 3 is 1.55 bits per heavy atom. The van der Waals surface area contributed by atoms with Crippen molar-refractivity contribution >= 4 is 11.8 Å². The number of amides is 2. The number of nitrogens with zero attached hydrogens (tertiary/aromatic N) is 2. The molecule has 0 unspecified atom stereocenters. The quantitative estimate of drug-likeness (QED) is 0.827. The SMILES string of the molecule is O=C(c1cccc(C(=O)N2CCCC2)c1)N1CCCC1. The Labute approximate surface area is 119 Å². The number of hydrogen-bond donors (Lipinski definition) is 0. The first-order chi connectivity index (χ1) is 9.75. The van der Waals surface area contributed by atoms with Gasteiger partial charge in [0.2, 0.25) is 0 Å². The molecule has 0 spiro atoms. The topological polar surface area (TPSA) is 40.6 Å². The molecule has 1 aromatic carbocycles. The van der Waals surface area contributed by atoms with E-state index < -0.39 is 0 Å². The minimum atomic E-state index is 0.0542. The van der Waals surface area contributed by atoms with Crippen LogP contribution < -0.4 is 0 Å². The Bertz CT molecular complexity index is 472. The lowest BCUT2D eigenvalue weighted by Crippen LogP contribution is -2.29. The third kappa shape index (κ3) is 2.55. The van der Waals surface area contributed by atoms with Crippen LogP contribution in [0.15, 0.2) is 24.3 Å². The van der Waals surface area contributed by atoms with Crippen molar-refractivity contribution in [1.82, 2.24) is 9.80 Å². The minimum Gasteiger partial charge on any atom is -0.339 e. The van der Waals surface area contributed by atoms with Gasteiger partial charge in [-0.05, 0) is 43.9 Å². The summed E-state index contributed by atoms with van der Waals surface area (Å²) in [6, 6.07) is 7.18. The molecule has 2 amide bonds. The van der Waals surface area contributed by atoms with Crippen LogP contribution in [0.5, 0.6) is 0 Å². The highest BCUT2D eigenvalue weighted by atomic mass is 16.2. The van der Waals surface area contributed by atoms with Crippen molar-refractivity contribution in [2.45, 2.75) is 25.7 Å². The predicted octanol–water partition coefficient (Wildman–Crippen LogP) is 2.16. The molecule has 2 aliphatic heterocycles. The summed E-state index contributed by atoms with van der Waals surface area (Å²) >= 11 is 0. The average molecular weight is 272 g/mol. The first-order valence-corrected chi connectivity index (χ1v) is 7.44. The summed E-state index contributed by atoms with van der Waals surface area (Å²) in [7, 11) is 0. The van der Waals surface area contributed by atoms with E-state index in [0.29, 0.717) is 11.1 Å². The van der Waals surface area contributed by atoms with E-state index in [1.807, 2.05) is 15.9 Å². The fourth-order valence-corrected chi connectivity index (χ4v) is 2.99. The van der Waals surface area contributed by atoms with E-state index in [-0.39, 0.29) is 11.8 Å². The minimum absolute atomic E-state index is 0.0542. The lowest BCUT2D eigenvalue weighted by Gasteiger charge is -2.17. The Morgan fingerprint density at radius 2 is 1.15 bits per heavy atom. The summed E-state index contributed by atoms with van der Waals surface area (Å²) in [4.78, 5) is 28.4. The van der Waals surface area contributed by atoms with Gasteiger partial charge in [-0.15, -0.1) is 0 Å². The van der Waals surface area contributed by atoms with Gasteiger partial charge in [0.1, 0.15) is 0 Å². The molecule has 2 saturated heterocycles. The third-order valence-electron chi connectivity index (χ3n) is 4.14. The first-order valence-electron chi connectivity index (χ1n) is 7.44. The standard InChI is InChI=1S/C16H20N2O2/c19-15(17-8-1-2-9-17)13-6-5-7-14(12-13)16(20)18-10-3-4-11-18/h5-7,12H,1-4,8-11H2. The highest BCUT2D eigenvalue weighted by Crippen LogP contribution is 2.17. The second-order valence-corrected chi connectivity index (χ2v) is 5.58. The lowest BCUT2D eigenvalue weighted by atomic mass is 10.1. The van der Waals surface area contributed by atoms with E-state index in [1.165, 1.54) is 0 Å². The molecule has 2 fully saturated rings. The van der Waals surface area contributed by atoms with Gasteiger partial charge in [0.05, 0.1) is 0 Å². The molecule has 0 saturated carbocycles. The molecular formula is C16H20N2O2.